The topological polar surface area (TPSA) is 99.8 Å². The van der Waals surface area contributed by atoms with Crippen molar-refractivity contribution in [3.8, 4) is 5.82 Å². The maximum atomic E-state index is 10.8. The van der Waals surface area contributed by atoms with E-state index in [4.69, 9.17) is 4.74 Å². The van der Waals surface area contributed by atoms with Gasteiger partial charge in [0.05, 0.1) is 31.1 Å². The van der Waals surface area contributed by atoms with Gasteiger partial charge in [-0.25, -0.2) is 14.7 Å². The molecular weight excluding hydrogens is 521 g/mol. The van der Waals surface area contributed by atoms with Crippen LogP contribution in [0.1, 0.15) is 30.8 Å². The molecule has 1 unspecified atom stereocenters. The Morgan fingerprint density at radius 1 is 1.25 bits per heavy atom. The van der Waals surface area contributed by atoms with Crippen LogP contribution in [-0.4, -0.2) is 82.3 Å². The van der Waals surface area contributed by atoms with Gasteiger partial charge in [0.2, 0.25) is 0 Å². The summed E-state index contributed by atoms with van der Waals surface area (Å²) in [5.74, 6) is 1.47. The number of halogens is 1. The van der Waals surface area contributed by atoms with Crippen LogP contribution in [0.15, 0.2) is 29.4 Å². The van der Waals surface area contributed by atoms with Crippen molar-refractivity contribution in [2.24, 2.45) is 4.99 Å². The Kier molecular flexibility index (Phi) is 10.3. The summed E-state index contributed by atoms with van der Waals surface area (Å²) in [5.41, 5.74) is 2.16. The van der Waals surface area contributed by atoms with Crippen LogP contribution in [0, 0.1) is 13.8 Å². The molecule has 0 saturated carbocycles. The minimum Gasteiger partial charge on any atom is -0.387 e. The van der Waals surface area contributed by atoms with E-state index in [9.17, 15) is 5.11 Å². The number of morpholine rings is 1. The molecule has 0 aromatic carbocycles. The monoisotopic (exact) mass is 557 g/mol. The van der Waals surface area contributed by atoms with Gasteiger partial charge in [0.1, 0.15) is 0 Å². The molecule has 1 aliphatic heterocycles. The third kappa shape index (κ3) is 7.98. The number of nitrogens with zero attached hydrogens (tertiary/aromatic N) is 5. The Balaban J connectivity index is 0.00000363. The molecule has 3 rings (SSSR count). The number of hydrogen-bond acceptors (Lipinski definition) is 6. The van der Waals surface area contributed by atoms with Gasteiger partial charge >= 0.3 is 0 Å². The highest BCUT2D eigenvalue weighted by Gasteiger charge is 2.25. The molecule has 0 radical (unpaired) electrons. The first-order valence-electron chi connectivity index (χ1n) is 10.9. The smallest absolute Gasteiger partial charge is 0.191 e. The van der Waals surface area contributed by atoms with Crippen LogP contribution in [0.25, 0.3) is 5.82 Å². The standard InChI is InChI=1S/C22H35N7O2.HI/c1-5-23-21(26-15-22(4,30)16-28-8-10-31-11-9-28)25-14-19-6-7-20(24-13-19)29-18(3)12-17(2)27-29;/h6-7,12-13,30H,5,8-11,14-16H2,1-4H3,(H2,23,25,26);1H. The molecule has 3 N–H and O–H groups in total. The molecule has 3 heterocycles. The van der Waals surface area contributed by atoms with Gasteiger partial charge in [-0.15, -0.1) is 24.0 Å². The largest absolute Gasteiger partial charge is 0.387 e. The molecule has 0 bridgehead atoms. The van der Waals surface area contributed by atoms with Gasteiger partial charge in [0, 0.05) is 44.6 Å². The average molecular weight is 557 g/mol. The van der Waals surface area contributed by atoms with Crippen LogP contribution in [0.2, 0.25) is 0 Å². The van der Waals surface area contributed by atoms with Gasteiger partial charge in [0.25, 0.3) is 0 Å². The lowest BCUT2D eigenvalue weighted by atomic mass is 10.1. The number of ether oxygens (including phenoxy) is 1. The van der Waals surface area contributed by atoms with Crippen molar-refractivity contribution in [1.82, 2.24) is 30.3 Å². The number of nitrogens with one attached hydrogen (secondary N) is 2. The molecule has 1 atom stereocenters. The van der Waals surface area contributed by atoms with E-state index in [-0.39, 0.29) is 24.0 Å². The lowest BCUT2D eigenvalue weighted by Gasteiger charge is -2.34. The van der Waals surface area contributed by atoms with Gasteiger partial charge in [-0.1, -0.05) is 6.07 Å². The molecule has 0 spiro atoms. The number of hydrogen-bond donors (Lipinski definition) is 3. The second-order valence-corrected chi connectivity index (χ2v) is 8.30. The number of aliphatic imine (C=N–C) groups is 1. The SMILES string of the molecule is CCNC(=NCc1ccc(-n2nc(C)cc2C)nc1)NCC(C)(O)CN1CCOCC1.I. The first-order chi connectivity index (χ1) is 14.9. The number of aryl methyl sites for hydroxylation is 2. The van der Waals surface area contributed by atoms with Crippen LogP contribution >= 0.6 is 24.0 Å². The second-order valence-electron chi connectivity index (χ2n) is 8.30. The molecular formula is C22H36IN7O2. The zero-order chi connectivity index (χ0) is 22.3. The van der Waals surface area contributed by atoms with Crippen molar-refractivity contribution in [3.05, 3.63) is 41.3 Å². The molecule has 9 nitrogen and oxygen atoms in total. The maximum Gasteiger partial charge on any atom is 0.191 e. The fraction of sp³-hybridized carbons (Fsp3) is 0.591. The quantitative estimate of drug-likeness (QED) is 0.258. The van der Waals surface area contributed by atoms with Crippen molar-refractivity contribution in [3.63, 3.8) is 0 Å². The molecule has 1 aliphatic rings. The Labute approximate surface area is 207 Å². The van der Waals surface area contributed by atoms with E-state index in [0.29, 0.717) is 25.6 Å². The highest BCUT2D eigenvalue weighted by molar-refractivity contribution is 14.0. The van der Waals surface area contributed by atoms with Crippen LogP contribution in [0.4, 0.5) is 0 Å². The lowest BCUT2D eigenvalue weighted by molar-refractivity contribution is -0.0201. The van der Waals surface area contributed by atoms with Gasteiger partial charge in [-0.05, 0) is 45.4 Å². The molecule has 1 saturated heterocycles. The van der Waals surface area contributed by atoms with Gasteiger partial charge in [-0.2, -0.15) is 5.10 Å². The van der Waals surface area contributed by atoms with E-state index < -0.39 is 5.60 Å². The summed E-state index contributed by atoms with van der Waals surface area (Å²) in [5, 5.41) is 21.8. The second kappa shape index (κ2) is 12.5. The normalized spacial score (nSPS) is 16.8. The van der Waals surface area contributed by atoms with E-state index >= 15 is 0 Å². The zero-order valence-electron chi connectivity index (χ0n) is 19.5. The molecule has 1 fully saturated rings. The van der Waals surface area contributed by atoms with E-state index in [2.05, 4.69) is 30.6 Å². The summed E-state index contributed by atoms with van der Waals surface area (Å²) in [4.78, 5) is 11.4. The van der Waals surface area contributed by atoms with E-state index in [1.165, 1.54) is 0 Å². The minimum atomic E-state index is -0.865. The van der Waals surface area contributed by atoms with Crippen LogP contribution in [0.5, 0.6) is 0 Å². The van der Waals surface area contributed by atoms with Gasteiger partial charge in [-0.3, -0.25) is 4.90 Å². The third-order valence-corrected chi connectivity index (χ3v) is 5.10. The van der Waals surface area contributed by atoms with Crippen LogP contribution in [0.3, 0.4) is 0 Å². The number of pyridine rings is 1. The van der Waals surface area contributed by atoms with Crippen molar-refractivity contribution < 1.29 is 9.84 Å². The predicted octanol–water partition coefficient (Wildman–Crippen LogP) is 1.64. The summed E-state index contributed by atoms with van der Waals surface area (Å²) in [7, 11) is 0. The van der Waals surface area contributed by atoms with Crippen LogP contribution < -0.4 is 10.6 Å². The Morgan fingerprint density at radius 2 is 2.00 bits per heavy atom. The number of aromatic nitrogens is 3. The summed E-state index contributed by atoms with van der Waals surface area (Å²) < 4.78 is 7.22. The van der Waals surface area contributed by atoms with E-state index in [1.807, 2.05) is 56.8 Å². The Bertz CT molecular complexity index is 862. The number of guanidine groups is 1. The van der Waals surface area contributed by atoms with Crippen molar-refractivity contribution in [1.29, 1.82) is 0 Å². The highest BCUT2D eigenvalue weighted by atomic mass is 127. The van der Waals surface area contributed by atoms with Crippen molar-refractivity contribution in [2.75, 3.05) is 45.9 Å². The first kappa shape index (κ1) is 26.5. The average Bonchev–Trinajstić information content (AvgIpc) is 3.09. The predicted molar refractivity (Wildman–Crippen MR) is 137 cm³/mol. The third-order valence-electron chi connectivity index (χ3n) is 5.10. The summed E-state index contributed by atoms with van der Waals surface area (Å²) in [6, 6.07) is 6.00. The lowest BCUT2D eigenvalue weighted by Crippen LogP contribution is -2.52. The van der Waals surface area contributed by atoms with Crippen molar-refractivity contribution >= 4 is 29.9 Å². The van der Waals surface area contributed by atoms with Crippen LogP contribution in [-0.2, 0) is 11.3 Å². The van der Waals surface area contributed by atoms with Gasteiger partial charge < -0.3 is 20.5 Å². The fourth-order valence-electron chi connectivity index (χ4n) is 3.58. The Hall–Kier alpha value is -1.76. The fourth-order valence-corrected chi connectivity index (χ4v) is 3.58. The molecule has 178 valence electrons. The highest BCUT2D eigenvalue weighted by Crippen LogP contribution is 2.11. The number of β-amino-alcohol motifs (C(OH)–C–C–N with tert-alkyl or cyclic N) is 1. The first-order valence-corrected chi connectivity index (χ1v) is 10.9. The van der Waals surface area contributed by atoms with E-state index in [1.54, 1.807) is 0 Å². The molecule has 2 aromatic heterocycles. The maximum absolute atomic E-state index is 10.8. The molecule has 0 amide bonds. The van der Waals surface area contributed by atoms with Crippen molar-refractivity contribution in [2.45, 2.75) is 39.8 Å². The Morgan fingerprint density at radius 3 is 2.59 bits per heavy atom. The molecule has 2 aromatic rings. The molecule has 32 heavy (non-hydrogen) atoms. The molecule has 10 heteroatoms. The summed E-state index contributed by atoms with van der Waals surface area (Å²) in [6.07, 6.45) is 1.83. The minimum absolute atomic E-state index is 0. The molecule has 0 aliphatic carbocycles. The summed E-state index contributed by atoms with van der Waals surface area (Å²) >= 11 is 0. The summed E-state index contributed by atoms with van der Waals surface area (Å²) in [6.45, 7) is 13.2. The van der Waals surface area contributed by atoms with Gasteiger partial charge in [0.15, 0.2) is 11.8 Å². The number of rotatable bonds is 8. The van der Waals surface area contributed by atoms with E-state index in [0.717, 1.165) is 55.6 Å². The zero-order valence-corrected chi connectivity index (χ0v) is 21.8. The number of aliphatic hydroxyl groups is 1.